The largest absolute Gasteiger partial charge is 0.366 e. The van der Waals surface area contributed by atoms with Gasteiger partial charge in [0.15, 0.2) is 0 Å². The first-order valence-electron chi connectivity index (χ1n) is 8.80. The summed E-state index contributed by atoms with van der Waals surface area (Å²) in [5.41, 5.74) is 2.57. The molecule has 3 aromatic rings. The van der Waals surface area contributed by atoms with Gasteiger partial charge in [0, 0.05) is 4.43 Å². The predicted octanol–water partition coefficient (Wildman–Crippen LogP) is 5.20. The minimum absolute atomic E-state index is 0.149. The van der Waals surface area contributed by atoms with Crippen molar-refractivity contribution in [1.29, 1.82) is 0 Å². The zero-order valence-corrected chi connectivity index (χ0v) is 16.6. The van der Waals surface area contributed by atoms with Crippen LogP contribution in [0.3, 0.4) is 0 Å². The molecule has 0 aliphatic carbocycles. The molecule has 0 unspecified atom stereocenters. The molecule has 0 spiro atoms. The number of alkyl halides is 1. The molecule has 1 heterocycles. The molecule has 0 bridgehead atoms. The van der Waals surface area contributed by atoms with Crippen LogP contribution in [-0.2, 0) is 15.1 Å². The monoisotopic (exact) mass is 456 g/mol. The van der Waals surface area contributed by atoms with Gasteiger partial charge in [0.05, 0.1) is 13.2 Å². The lowest BCUT2D eigenvalue weighted by Crippen LogP contribution is -2.37. The van der Waals surface area contributed by atoms with E-state index >= 15 is 0 Å². The molecular formula is C23H21IO2. The Balaban J connectivity index is 1.88. The maximum atomic E-state index is 6.78. The molecule has 1 saturated heterocycles. The van der Waals surface area contributed by atoms with Crippen molar-refractivity contribution in [3.8, 4) is 0 Å². The summed E-state index contributed by atoms with van der Waals surface area (Å²) >= 11 is 2.38. The van der Waals surface area contributed by atoms with Gasteiger partial charge in [0.25, 0.3) is 0 Å². The SMILES string of the molecule is IC[C@]1(COC(c2ccccc2)(c2ccccc2)c2ccccc2)CO1. The zero-order chi connectivity index (χ0) is 17.9. The maximum Gasteiger partial charge on any atom is 0.143 e. The summed E-state index contributed by atoms with van der Waals surface area (Å²) in [5.74, 6) is 0. The van der Waals surface area contributed by atoms with E-state index in [0.29, 0.717) is 6.61 Å². The van der Waals surface area contributed by atoms with Crippen molar-refractivity contribution in [3.05, 3.63) is 108 Å². The third kappa shape index (κ3) is 3.31. The summed E-state index contributed by atoms with van der Waals surface area (Å²) in [6.45, 7) is 1.33. The highest BCUT2D eigenvalue weighted by Crippen LogP contribution is 2.42. The average molecular weight is 456 g/mol. The molecule has 132 valence electrons. The number of hydrogen-bond acceptors (Lipinski definition) is 2. The van der Waals surface area contributed by atoms with Crippen molar-refractivity contribution in [2.24, 2.45) is 0 Å². The van der Waals surface area contributed by atoms with Gasteiger partial charge >= 0.3 is 0 Å². The normalized spacial score (nSPS) is 19.3. The predicted molar refractivity (Wildman–Crippen MR) is 113 cm³/mol. The topological polar surface area (TPSA) is 21.8 Å². The summed E-state index contributed by atoms with van der Waals surface area (Å²) in [4.78, 5) is 0. The van der Waals surface area contributed by atoms with Gasteiger partial charge in [-0.1, -0.05) is 114 Å². The fourth-order valence-electron chi connectivity index (χ4n) is 3.31. The molecule has 1 fully saturated rings. The average Bonchev–Trinajstić information content (AvgIpc) is 3.51. The number of ether oxygens (including phenoxy) is 2. The lowest BCUT2D eigenvalue weighted by molar-refractivity contribution is -0.0121. The van der Waals surface area contributed by atoms with Crippen molar-refractivity contribution >= 4 is 22.6 Å². The molecule has 0 amide bonds. The van der Waals surface area contributed by atoms with Crippen LogP contribution in [0.4, 0.5) is 0 Å². The Morgan fingerprint density at radius 1 is 0.769 bits per heavy atom. The van der Waals surface area contributed by atoms with Crippen molar-refractivity contribution < 1.29 is 9.47 Å². The van der Waals surface area contributed by atoms with Gasteiger partial charge in [-0.3, -0.25) is 0 Å². The Bertz CT molecular complexity index is 733. The Labute approximate surface area is 168 Å². The molecule has 4 rings (SSSR count). The van der Waals surface area contributed by atoms with Gasteiger partial charge in [0.2, 0.25) is 0 Å². The third-order valence-electron chi connectivity index (χ3n) is 4.89. The molecular weight excluding hydrogens is 435 g/mol. The van der Waals surface area contributed by atoms with Crippen LogP contribution in [0, 0.1) is 0 Å². The fourth-order valence-corrected chi connectivity index (χ4v) is 3.97. The molecule has 1 aliphatic heterocycles. The van der Waals surface area contributed by atoms with E-state index in [4.69, 9.17) is 9.47 Å². The van der Waals surface area contributed by atoms with Gasteiger partial charge in [-0.05, 0) is 16.7 Å². The molecule has 2 nitrogen and oxygen atoms in total. The first-order valence-corrected chi connectivity index (χ1v) is 10.3. The van der Waals surface area contributed by atoms with Crippen LogP contribution in [0.25, 0.3) is 0 Å². The zero-order valence-electron chi connectivity index (χ0n) is 14.5. The lowest BCUT2D eigenvalue weighted by Gasteiger charge is -2.36. The van der Waals surface area contributed by atoms with E-state index in [9.17, 15) is 0 Å². The van der Waals surface area contributed by atoms with Gasteiger partial charge in [-0.25, -0.2) is 0 Å². The van der Waals surface area contributed by atoms with Crippen molar-refractivity contribution in [2.75, 3.05) is 17.6 Å². The first-order chi connectivity index (χ1) is 12.8. The Morgan fingerprint density at radius 2 is 1.15 bits per heavy atom. The van der Waals surface area contributed by atoms with Gasteiger partial charge in [-0.2, -0.15) is 0 Å². The van der Waals surface area contributed by atoms with E-state index in [1.807, 2.05) is 18.2 Å². The van der Waals surface area contributed by atoms with Crippen molar-refractivity contribution in [1.82, 2.24) is 0 Å². The first kappa shape index (κ1) is 17.7. The van der Waals surface area contributed by atoms with Crippen LogP contribution in [0.5, 0.6) is 0 Å². The second kappa shape index (κ2) is 7.51. The van der Waals surface area contributed by atoms with E-state index in [0.717, 1.165) is 27.7 Å². The lowest BCUT2D eigenvalue weighted by atomic mass is 9.80. The van der Waals surface area contributed by atoms with Crippen LogP contribution in [0.15, 0.2) is 91.0 Å². The van der Waals surface area contributed by atoms with Gasteiger partial charge in [-0.15, -0.1) is 0 Å². The molecule has 1 atom stereocenters. The van der Waals surface area contributed by atoms with E-state index in [2.05, 4.69) is 95.4 Å². The van der Waals surface area contributed by atoms with E-state index in [-0.39, 0.29) is 5.60 Å². The van der Waals surface area contributed by atoms with Crippen LogP contribution in [0.1, 0.15) is 16.7 Å². The molecule has 3 aromatic carbocycles. The number of epoxide rings is 1. The number of benzene rings is 3. The number of rotatable bonds is 7. The molecule has 0 aromatic heterocycles. The molecule has 3 heteroatoms. The second-order valence-electron chi connectivity index (χ2n) is 6.67. The summed E-state index contributed by atoms with van der Waals surface area (Å²) in [7, 11) is 0. The number of hydrogen-bond donors (Lipinski definition) is 0. The van der Waals surface area contributed by atoms with Crippen LogP contribution >= 0.6 is 22.6 Å². The molecule has 1 aliphatic rings. The van der Waals surface area contributed by atoms with Gasteiger partial charge in [0.1, 0.15) is 11.2 Å². The van der Waals surface area contributed by atoms with Crippen LogP contribution in [-0.4, -0.2) is 23.2 Å². The van der Waals surface area contributed by atoms with E-state index < -0.39 is 5.60 Å². The Morgan fingerprint density at radius 3 is 1.46 bits per heavy atom. The molecule has 0 radical (unpaired) electrons. The van der Waals surface area contributed by atoms with Crippen LogP contribution in [0.2, 0.25) is 0 Å². The fraction of sp³-hybridized carbons (Fsp3) is 0.217. The summed E-state index contributed by atoms with van der Waals surface area (Å²) in [5, 5.41) is 0. The Hall–Kier alpha value is -1.69. The Kier molecular flexibility index (Phi) is 5.11. The third-order valence-corrected chi connectivity index (χ3v) is 6.28. The summed E-state index contributed by atoms with van der Waals surface area (Å²) in [6, 6.07) is 31.4. The van der Waals surface area contributed by atoms with Crippen molar-refractivity contribution in [3.63, 3.8) is 0 Å². The quantitative estimate of drug-likeness (QED) is 0.211. The van der Waals surface area contributed by atoms with Crippen LogP contribution < -0.4 is 0 Å². The minimum Gasteiger partial charge on any atom is -0.366 e. The number of halogens is 1. The summed E-state index contributed by atoms with van der Waals surface area (Å²) < 4.78 is 13.4. The molecule has 0 saturated carbocycles. The second-order valence-corrected chi connectivity index (χ2v) is 7.44. The van der Waals surface area contributed by atoms with E-state index in [1.54, 1.807) is 0 Å². The highest BCUT2D eigenvalue weighted by molar-refractivity contribution is 14.1. The van der Waals surface area contributed by atoms with Gasteiger partial charge < -0.3 is 9.47 Å². The smallest absolute Gasteiger partial charge is 0.143 e. The maximum absolute atomic E-state index is 6.78. The highest BCUT2D eigenvalue weighted by Gasteiger charge is 2.47. The standard InChI is InChI=1S/C23H21IO2/c24-16-22(17-25-22)18-26-23(19-10-4-1-5-11-19,20-12-6-2-7-13-20)21-14-8-3-9-15-21/h1-15H,16-18H2/t22-/m1/s1. The molecule has 0 N–H and O–H groups in total. The van der Waals surface area contributed by atoms with E-state index in [1.165, 1.54) is 0 Å². The summed E-state index contributed by atoms with van der Waals surface area (Å²) in [6.07, 6.45) is 0. The minimum atomic E-state index is -0.658. The highest BCUT2D eigenvalue weighted by atomic mass is 127. The van der Waals surface area contributed by atoms with Crippen molar-refractivity contribution in [2.45, 2.75) is 11.2 Å². The molecule has 26 heavy (non-hydrogen) atoms.